The van der Waals surface area contributed by atoms with Crippen molar-refractivity contribution >= 4 is 28.3 Å². The van der Waals surface area contributed by atoms with E-state index in [4.69, 9.17) is 5.73 Å². The number of nitrogens with two attached hydrogens (primary N) is 1. The minimum absolute atomic E-state index is 0. The molecule has 1 aromatic rings. The van der Waals surface area contributed by atoms with Crippen molar-refractivity contribution in [3.8, 4) is 0 Å². The fraction of sp³-hybridized carbons (Fsp3) is 0.533. The van der Waals surface area contributed by atoms with Gasteiger partial charge in [0.25, 0.3) is 5.91 Å². The number of carbonyl (C=O) groups is 1. The maximum atomic E-state index is 12.6. The Morgan fingerprint density at radius 1 is 1.30 bits per heavy atom. The Balaban J connectivity index is 0.00000264. The van der Waals surface area contributed by atoms with Crippen LogP contribution in [0.4, 0.5) is 0 Å². The fourth-order valence-corrected chi connectivity index (χ4v) is 4.31. The smallest absolute Gasteiger partial charge is 0.253 e. The highest BCUT2D eigenvalue weighted by atomic mass is 35.5. The van der Waals surface area contributed by atoms with E-state index in [9.17, 15) is 13.2 Å². The lowest BCUT2D eigenvalue weighted by Gasteiger charge is -2.28. The zero-order chi connectivity index (χ0) is 16.4. The van der Waals surface area contributed by atoms with Gasteiger partial charge in [-0.25, -0.2) is 13.1 Å². The molecule has 23 heavy (non-hydrogen) atoms. The van der Waals surface area contributed by atoms with E-state index in [2.05, 4.69) is 4.72 Å². The fourth-order valence-electron chi connectivity index (χ4n) is 2.80. The molecule has 0 aromatic heterocycles. The second-order valence-electron chi connectivity index (χ2n) is 6.02. The number of carbonyl (C=O) groups excluding carboxylic acids is 1. The number of halogens is 1. The van der Waals surface area contributed by atoms with Gasteiger partial charge in [0.1, 0.15) is 0 Å². The summed E-state index contributed by atoms with van der Waals surface area (Å²) in [5.41, 5.74) is 5.58. The molecule has 0 aliphatic heterocycles. The Morgan fingerprint density at radius 3 is 2.43 bits per heavy atom. The van der Waals surface area contributed by atoms with E-state index in [0.717, 1.165) is 25.7 Å². The number of hydrogen-bond acceptors (Lipinski definition) is 4. The standard InChI is InChI=1S/C15H23N3O3S.ClH/c1-18(2)14(19)12-6-5-7-13(10-12)22(20,21)17-15(11-16)8-3-4-9-15;/h5-7,10,17H,3-4,8-9,11,16H2,1-2H3;1H. The highest BCUT2D eigenvalue weighted by molar-refractivity contribution is 7.89. The predicted octanol–water partition coefficient (Wildman–Crippen LogP) is 1.36. The summed E-state index contributed by atoms with van der Waals surface area (Å²) in [5, 5.41) is 0. The summed E-state index contributed by atoms with van der Waals surface area (Å²) in [6.07, 6.45) is 3.44. The Kier molecular flexibility index (Phi) is 6.59. The number of benzene rings is 1. The highest BCUT2D eigenvalue weighted by Gasteiger charge is 2.36. The maximum Gasteiger partial charge on any atom is 0.253 e. The molecule has 0 unspecified atom stereocenters. The Labute approximate surface area is 143 Å². The molecule has 1 aromatic carbocycles. The first-order valence-electron chi connectivity index (χ1n) is 7.35. The molecule has 0 bridgehead atoms. The van der Waals surface area contributed by atoms with Crippen molar-refractivity contribution in [1.82, 2.24) is 9.62 Å². The zero-order valence-corrected chi connectivity index (χ0v) is 15.0. The van der Waals surface area contributed by atoms with Crippen molar-refractivity contribution in [3.05, 3.63) is 29.8 Å². The average molecular weight is 362 g/mol. The van der Waals surface area contributed by atoms with Gasteiger partial charge in [-0.05, 0) is 31.0 Å². The van der Waals surface area contributed by atoms with Crippen molar-refractivity contribution in [2.45, 2.75) is 36.1 Å². The minimum Gasteiger partial charge on any atom is -0.345 e. The van der Waals surface area contributed by atoms with Gasteiger partial charge in [-0.15, -0.1) is 12.4 Å². The molecule has 0 atom stereocenters. The monoisotopic (exact) mass is 361 g/mol. The third-order valence-corrected chi connectivity index (χ3v) is 5.68. The third kappa shape index (κ3) is 4.44. The lowest BCUT2D eigenvalue weighted by atomic mass is 10.0. The van der Waals surface area contributed by atoms with Gasteiger partial charge in [-0.1, -0.05) is 18.9 Å². The lowest BCUT2D eigenvalue weighted by molar-refractivity contribution is 0.0827. The number of nitrogens with one attached hydrogen (secondary N) is 1. The van der Waals surface area contributed by atoms with Gasteiger partial charge in [-0.3, -0.25) is 4.79 Å². The summed E-state index contributed by atoms with van der Waals surface area (Å²) in [5.74, 6) is -0.230. The van der Waals surface area contributed by atoms with Crippen molar-refractivity contribution in [3.63, 3.8) is 0 Å². The second-order valence-corrected chi connectivity index (χ2v) is 7.71. The normalized spacial score (nSPS) is 16.7. The molecule has 0 saturated heterocycles. The van der Waals surface area contributed by atoms with Crippen LogP contribution in [0.2, 0.25) is 0 Å². The molecule has 1 aliphatic rings. The maximum absolute atomic E-state index is 12.6. The number of amides is 1. The van der Waals surface area contributed by atoms with Gasteiger partial charge < -0.3 is 10.6 Å². The highest BCUT2D eigenvalue weighted by Crippen LogP contribution is 2.30. The van der Waals surface area contributed by atoms with Crippen LogP contribution in [0.15, 0.2) is 29.2 Å². The van der Waals surface area contributed by atoms with E-state index in [1.807, 2.05) is 0 Å². The lowest BCUT2D eigenvalue weighted by Crippen LogP contribution is -2.51. The minimum atomic E-state index is -3.70. The summed E-state index contributed by atoms with van der Waals surface area (Å²) in [4.78, 5) is 13.5. The topological polar surface area (TPSA) is 92.5 Å². The molecule has 0 spiro atoms. The van der Waals surface area contributed by atoms with E-state index in [1.165, 1.54) is 17.0 Å². The molecular formula is C15H24ClN3O3S. The average Bonchev–Trinajstić information content (AvgIpc) is 2.95. The number of sulfonamides is 1. The zero-order valence-electron chi connectivity index (χ0n) is 13.4. The molecule has 0 radical (unpaired) electrons. The molecule has 2 rings (SSSR count). The molecule has 3 N–H and O–H groups in total. The van der Waals surface area contributed by atoms with Gasteiger partial charge in [0.15, 0.2) is 0 Å². The summed E-state index contributed by atoms with van der Waals surface area (Å²) >= 11 is 0. The molecule has 8 heteroatoms. The van der Waals surface area contributed by atoms with Gasteiger partial charge in [-0.2, -0.15) is 0 Å². The summed E-state index contributed by atoms with van der Waals surface area (Å²) < 4.78 is 28.0. The van der Waals surface area contributed by atoms with E-state index >= 15 is 0 Å². The molecule has 1 aliphatic carbocycles. The first-order valence-corrected chi connectivity index (χ1v) is 8.84. The molecule has 6 nitrogen and oxygen atoms in total. The number of rotatable bonds is 5. The number of nitrogens with zero attached hydrogens (tertiary/aromatic N) is 1. The van der Waals surface area contributed by atoms with Crippen LogP contribution < -0.4 is 10.5 Å². The Morgan fingerprint density at radius 2 is 1.91 bits per heavy atom. The van der Waals surface area contributed by atoms with Crippen LogP contribution in [-0.4, -0.2) is 45.4 Å². The Hall–Kier alpha value is -1.15. The Bertz CT molecular complexity index is 656. The third-order valence-electron chi connectivity index (χ3n) is 4.10. The van der Waals surface area contributed by atoms with Crippen LogP contribution >= 0.6 is 12.4 Å². The SMILES string of the molecule is CN(C)C(=O)c1cccc(S(=O)(=O)NC2(CN)CCCC2)c1.Cl. The summed E-state index contributed by atoms with van der Waals surface area (Å²) in [7, 11) is -0.439. The van der Waals surface area contributed by atoms with Gasteiger partial charge in [0, 0.05) is 31.7 Å². The molecular weight excluding hydrogens is 338 g/mol. The van der Waals surface area contributed by atoms with Gasteiger partial charge >= 0.3 is 0 Å². The molecule has 130 valence electrons. The first kappa shape index (κ1) is 19.9. The van der Waals surface area contributed by atoms with Crippen molar-refractivity contribution in [1.29, 1.82) is 0 Å². The van der Waals surface area contributed by atoms with Crippen molar-refractivity contribution < 1.29 is 13.2 Å². The van der Waals surface area contributed by atoms with Gasteiger partial charge in [0.05, 0.1) is 4.90 Å². The van der Waals surface area contributed by atoms with Gasteiger partial charge in [0.2, 0.25) is 10.0 Å². The summed E-state index contributed by atoms with van der Waals surface area (Å²) in [6.45, 7) is 0.280. The molecule has 1 amide bonds. The number of hydrogen-bond donors (Lipinski definition) is 2. The van der Waals surface area contributed by atoms with Crippen LogP contribution in [0.25, 0.3) is 0 Å². The quantitative estimate of drug-likeness (QED) is 0.828. The molecule has 1 fully saturated rings. The summed E-state index contributed by atoms with van der Waals surface area (Å²) in [6, 6.07) is 6.09. The van der Waals surface area contributed by atoms with Crippen LogP contribution in [0, 0.1) is 0 Å². The molecule has 1 saturated carbocycles. The van der Waals surface area contributed by atoms with Crippen LogP contribution in [0.1, 0.15) is 36.0 Å². The second kappa shape index (κ2) is 7.61. The van der Waals surface area contributed by atoms with Crippen LogP contribution in [0.5, 0.6) is 0 Å². The predicted molar refractivity (Wildman–Crippen MR) is 92.3 cm³/mol. The van der Waals surface area contributed by atoms with Crippen molar-refractivity contribution in [2.75, 3.05) is 20.6 Å². The van der Waals surface area contributed by atoms with Crippen LogP contribution in [-0.2, 0) is 10.0 Å². The van der Waals surface area contributed by atoms with Crippen molar-refractivity contribution in [2.24, 2.45) is 5.73 Å². The first-order chi connectivity index (χ1) is 10.3. The van der Waals surface area contributed by atoms with E-state index in [-0.39, 0.29) is 29.8 Å². The van der Waals surface area contributed by atoms with Crippen LogP contribution in [0.3, 0.4) is 0 Å². The van der Waals surface area contributed by atoms with E-state index in [1.54, 1.807) is 26.2 Å². The largest absolute Gasteiger partial charge is 0.345 e. The van der Waals surface area contributed by atoms with E-state index in [0.29, 0.717) is 5.56 Å². The molecule has 0 heterocycles. The van der Waals surface area contributed by atoms with E-state index < -0.39 is 15.6 Å².